The summed E-state index contributed by atoms with van der Waals surface area (Å²) >= 11 is 0. The molecule has 2 rings (SSSR count). The number of para-hydroxylation sites is 1. The van der Waals surface area contributed by atoms with Gasteiger partial charge in [-0.15, -0.1) is 0 Å². The number of piperidine rings is 1. The van der Waals surface area contributed by atoms with E-state index in [1.165, 1.54) is 0 Å². The smallest absolute Gasteiger partial charge is 0.344 e. The first-order chi connectivity index (χ1) is 11.1. The van der Waals surface area contributed by atoms with E-state index in [0.29, 0.717) is 17.7 Å². The molecule has 1 aliphatic heterocycles. The fourth-order valence-electron chi connectivity index (χ4n) is 2.91. The molecule has 0 bridgehead atoms. The second kappa shape index (κ2) is 8.73. The molecule has 0 saturated carbocycles. The first-order valence-corrected chi connectivity index (χ1v) is 8.32. The molecule has 0 amide bonds. The van der Waals surface area contributed by atoms with E-state index in [1.54, 1.807) is 0 Å². The summed E-state index contributed by atoms with van der Waals surface area (Å²) < 4.78 is 11.1. The molecule has 0 spiro atoms. The maximum Gasteiger partial charge on any atom is 0.344 e. The topological polar surface area (TPSA) is 38.8 Å². The Balaban J connectivity index is 1.79. The van der Waals surface area contributed by atoms with Crippen molar-refractivity contribution in [1.82, 2.24) is 4.90 Å². The zero-order chi connectivity index (χ0) is 16.7. The molecule has 1 saturated heterocycles. The van der Waals surface area contributed by atoms with E-state index in [9.17, 15) is 4.79 Å². The van der Waals surface area contributed by atoms with E-state index in [0.717, 1.165) is 19.5 Å². The number of likely N-dealkylation sites (tertiary alicyclic amines) is 1. The van der Waals surface area contributed by atoms with Crippen LogP contribution in [-0.2, 0) is 9.53 Å². The average molecular weight is 317 g/mol. The Labute approximate surface area is 139 Å². The Morgan fingerprint density at radius 2 is 2.04 bits per heavy atom. The lowest BCUT2D eigenvalue weighted by molar-refractivity contribution is -0.158. The van der Waals surface area contributed by atoms with Gasteiger partial charge < -0.3 is 9.47 Å². The first kappa shape index (κ1) is 17.5. The van der Waals surface area contributed by atoms with Crippen LogP contribution in [-0.4, -0.2) is 42.7 Å². The fourth-order valence-corrected chi connectivity index (χ4v) is 2.91. The first-order valence-electron chi connectivity index (χ1n) is 8.32. The molecule has 4 heteroatoms. The van der Waals surface area contributed by atoms with Gasteiger partial charge in [-0.1, -0.05) is 37.3 Å². The van der Waals surface area contributed by atoms with Gasteiger partial charge in [0.15, 0.2) is 6.61 Å². The monoisotopic (exact) mass is 317 g/mol. The summed E-state index contributed by atoms with van der Waals surface area (Å²) in [5.41, 5.74) is 0. The Hall–Kier alpha value is -1.81. The van der Waals surface area contributed by atoms with Crippen LogP contribution >= 0.6 is 0 Å². The molecule has 1 fully saturated rings. The third-order valence-electron chi connectivity index (χ3n) is 4.31. The number of carbonyl (C=O) groups is 1. The molecule has 0 aromatic heterocycles. The van der Waals surface area contributed by atoms with Crippen molar-refractivity contribution in [3.63, 3.8) is 0 Å². The molecule has 23 heavy (non-hydrogen) atoms. The molecular weight excluding hydrogens is 290 g/mol. The van der Waals surface area contributed by atoms with Crippen molar-refractivity contribution in [2.75, 3.05) is 19.7 Å². The lowest BCUT2D eigenvalue weighted by Crippen LogP contribution is -2.49. The lowest BCUT2D eigenvalue weighted by Gasteiger charge is -2.40. The van der Waals surface area contributed by atoms with Crippen molar-refractivity contribution >= 4 is 5.97 Å². The van der Waals surface area contributed by atoms with E-state index < -0.39 is 0 Å². The normalized spacial score (nSPS) is 25.4. The zero-order valence-corrected chi connectivity index (χ0v) is 14.3. The average Bonchev–Trinajstić information content (AvgIpc) is 2.55. The Bertz CT molecular complexity index is 515. The fraction of sp³-hybridized carbons (Fsp3) is 0.526. The summed E-state index contributed by atoms with van der Waals surface area (Å²) in [5, 5.41) is 0. The molecule has 1 aromatic carbocycles. The zero-order valence-electron chi connectivity index (χ0n) is 14.3. The summed E-state index contributed by atoms with van der Waals surface area (Å²) in [7, 11) is 0. The van der Waals surface area contributed by atoms with E-state index in [4.69, 9.17) is 9.47 Å². The van der Waals surface area contributed by atoms with Crippen molar-refractivity contribution in [3.8, 4) is 5.75 Å². The predicted octanol–water partition coefficient (Wildman–Crippen LogP) is 3.28. The van der Waals surface area contributed by atoms with Gasteiger partial charge >= 0.3 is 5.97 Å². The van der Waals surface area contributed by atoms with Crippen molar-refractivity contribution in [3.05, 3.63) is 42.5 Å². The van der Waals surface area contributed by atoms with Gasteiger partial charge in [-0.05, 0) is 32.4 Å². The van der Waals surface area contributed by atoms with E-state index in [1.807, 2.05) is 37.3 Å². The number of hydrogen-bond donors (Lipinski definition) is 0. The van der Waals surface area contributed by atoms with Crippen LogP contribution in [0.5, 0.6) is 5.75 Å². The van der Waals surface area contributed by atoms with Crippen molar-refractivity contribution in [2.24, 2.45) is 5.92 Å². The number of carbonyl (C=O) groups excluding carboxylic acids is 1. The molecule has 0 N–H and O–H groups in total. The van der Waals surface area contributed by atoms with E-state index in [2.05, 4.69) is 30.9 Å². The maximum atomic E-state index is 12.0. The predicted molar refractivity (Wildman–Crippen MR) is 91.4 cm³/mol. The Morgan fingerprint density at radius 3 is 2.74 bits per heavy atom. The number of hydrogen-bond acceptors (Lipinski definition) is 4. The highest BCUT2D eigenvalue weighted by atomic mass is 16.6. The number of benzene rings is 1. The molecule has 0 aliphatic carbocycles. The third-order valence-corrected chi connectivity index (χ3v) is 4.31. The SMILES string of the molecule is C/C=C/CN1CC(C)C(OC(=O)COc2ccccc2)CC1C. The molecular formula is C19H27NO3. The maximum absolute atomic E-state index is 12.0. The number of ether oxygens (including phenoxy) is 2. The van der Waals surface area contributed by atoms with Crippen LogP contribution in [0.15, 0.2) is 42.5 Å². The van der Waals surface area contributed by atoms with Gasteiger partial charge in [0.25, 0.3) is 0 Å². The Kier molecular flexibility index (Phi) is 6.66. The van der Waals surface area contributed by atoms with E-state index >= 15 is 0 Å². The molecule has 4 nitrogen and oxygen atoms in total. The highest BCUT2D eigenvalue weighted by Crippen LogP contribution is 2.24. The van der Waals surface area contributed by atoms with Gasteiger partial charge in [-0.25, -0.2) is 4.79 Å². The molecule has 1 aromatic rings. The minimum Gasteiger partial charge on any atom is -0.482 e. The van der Waals surface area contributed by atoms with Gasteiger partial charge in [-0.3, -0.25) is 4.90 Å². The van der Waals surface area contributed by atoms with Crippen molar-refractivity contribution in [1.29, 1.82) is 0 Å². The van der Waals surface area contributed by atoms with Crippen molar-refractivity contribution in [2.45, 2.75) is 39.3 Å². The summed E-state index contributed by atoms with van der Waals surface area (Å²) in [6, 6.07) is 9.75. The van der Waals surface area contributed by atoms with Crippen LogP contribution in [0.25, 0.3) is 0 Å². The van der Waals surface area contributed by atoms with Crippen LogP contribution in [0.4, 0.5) is 0 Å². The van der Waals surface area contributed by atoms with Crippen LogP contribution in [0.1, 0.15) is 27.2 Å². The number of allylic oxidation sites excluding steroid dienone is 1. The largest absolute Gasteiger partial charge is 0.482 e. The van der Waals surface area contributed by atoms with Crippen LogP contribution in [0.2, 0.25) is 0 Å². The lowest BCUT2D eigenvalue weighted by atomic mass is 9.91. The summed E-state index contributed by atoms with van der Waals surface area (Å²) in [5.74, 6) is 0.726. The molecule has 126 valence electrons. The molecule has 1 heterocycles. The van der Waals surface area contributed by atoms with Crippen LogP contribution < -0.4 is 4.74 Å². The highest BCUT2D eigenvalue weighted by Gasteiger charge is 2.32. The molecule has 0 radical (unpaired) electrons. The van der Waals surface area contributed by atoms with E-state index in [-0.39, 0.29) is 18.7 Å². The summed E-state index contributed by atoms with van der Waals surface area (Å²) in [6.07, 6.45) is 5.09. The molecule has 1 aliphatic rings. The molecule has 3 unspecified atom stereocenters. The van der Waals surface area contributed by atoms with Gasteiger partial charge in [0, 0.05) is 25.0 Å². The van der Waals surface area contributed by atoms with Gasteiger partial charge in [0.2, 0.25) is 0 Å². The van der Waals surface area contributed by atoms with Crippen molar-refractivity contribution < 1.29 is 14.3 Å². The van der Waals surface area contributed by atoms with Crippen LogP contribution in [0, 0.1) is 5.92 Å². The number of esters is 1. The molecule has 3 atom stereocenters. The van der Waals surface area contributed by atoms with Gasteiger partial charge in [0.1, 0.15) is 11.9 Å². The van der Waals surface area contributed by atoms with Gasteiger partial charge in [0.05, 0.1) is 0 Å². The van der Waals surface area contributed by atoms with Crippen LogP contribution in [0.3, 0.4) is 0 Å². The number of rotatable bonds is 6. The number of nitrogens with zero attached hydrogens (tertiary/aromatic N) is 1. The minimum absolute atomic E-state index is 0.0290. The van der Waals surface area contributed by atoms with Gasteiger partial charge in [-0.2, -0.15) is 0 Å². The summed E-state index contributed by atoms with van der Waals surface area (Å²) in [4.78, 5) is 14.4. The quantitative estimate of drug-likeness (QED) is 0.596. The Morgan fingerprint density at radius 1 is 1.30 bits per heavy atom. The highest BCUT2D eigenvalue weighted by molar-refractivity contribution is 5.71. The standard InChI is InChI=1S/C19H27NO3/c1-4-5-11-20-13-15(2)18(12-16(20)3)23-19(21)14-22-17-9-7-6-8-10-17/h4-10,15-16,18H,11-14H2,1-3H3/b5-4+. The second-order valence-electron chi connectivity index (χ2n) is 6.21. The second-order valence-corrected chi connectivity index (χ2v) is 6.21. The minimum atomic E-state index is -0.292. The third kappa shape index (κ3) is 5.39. The summed E-state index contributed by atoms with van der Waals surface area (Å²) in [6.45, 7) is 8.24.